The Morgan fingerprint density at radius 2 is 1.84 bits per heavy atom. The summed E-state index contributed by atoms with van der Waals surface area (Å²) >= 11 is 7.96. The van der Waals surface area contributed by atoms with Crippen LogP contribution in [0.25, 0.3) is 0 Å². The SMILES string of the molecule is O=C(Nc1ccccc1I)[C@@H]1CCCN1S(=O)(=O)c1ccc(Cl)cc1. The monoisotopic (exact) mass is 490 g/mol. The second kappa shape index (κ2) is 7.61. The first-order valence-electron chi connectivity index (χ1n) is 7.72. The molecule has 0 spiro atoms. The van der Waals surface area contributed by atoms with E-state index in [1.807, 2.05) is 18.2 Å². The molecule has 0 radical (unpaired) electrons. The summed E-state index contributed by atoms with van der Waals surface area (Å²) in [6.45, 7) is 0.328. The van der Waals surface area contributed by atoms with Gasteiger partial charge in [-0.1, -0.05) is 23.7 Å². The molecule has 2 aromatic rings. The average Bonchev–Trinajstić information content (AvgIpc) is 3.08. The van der Waals surface area contributed by atoms with E-state index in [-0.39, 0.29) is 10.8 Å². The molecule has 1 atom stereocenters. The summed E-state index contributed by atoms with van der Waals surface area (Å²) in [4.78, 5) is 12.8. The number of hydrogen-bond donors (Lipinski definition) is 1. The van der Waals surface area contributed by atoms with Crippen LogP contribution < -0.4 is 5.32 Å². The summed E-state index contributed by atoms with van der Waals surface area (Å²) in [6.07, 6.45) is 1.15. The number of benzene rings is 2. The van der Waals surface area contributed by atoms with Gasteiger partial charge in [-0.3, -0.25) is 4.79 Å². The van der Waals surface area contributed by atoms with Gasteiger partial charge in [-0.15, -0.1) is 0 Å². The van der Waals surface area contributed by atoms with E-state index in [0.29, 0.717) is 30.1 Å². The minimum absolute atomic E-state index is 0.144. The molecule has 2 aromatic carbocycles. The van der Waals surface area contributed by atoms with E-state index in [1.165, 1.54) is 28.6 Å². The number of nitrogens with zero attached hydrogens (tertiary/aromatic N) is 1. The molecule has 132 valence electrons. The second-order valence-electron chi connectivity index (χ2n) is 5.70. The number of anilines is 1. The molecule has 8 heteroatoms. The summed E-state index contributed by atoms with van der Waals surface area (Å²) in [5, 5.41) is 3.31. The third-order valence-electron chi connectivity index (χ3n) is 4.06. The van der Waals surface area contributed by atoms with Crippen molar-refractivity contribution in [3.63, 3.8) is 0 Å². The first kappa shape index (κ1) is 18.6. The number of para-hydroxylation sites is 1. The zero-order chi connectivity index (χ0) is 18.0. The first-order valence-corrected chi connectivity index (χ1v) is 10.6. The van der Waals surface area contributed by atoms with Crippen molar-refractivity contribution in [1.82, 2.24) is 4.31 Å². The molecule has 0 aromatic heterocycles. The number of carbonyl (C=O) groups is 1. The molecule has 0 bridgehead atoms. The predicted octanol–water partition coefficient (Wildman–Crippen LogP) is 3.74. The van der Waals surface area contributed by atoms with E-state index < -0.39 is 16.1 Å². The fourth-order valence-electron chi connectivity index (χ4n) is 2.81. The van der Waals surface area contributed by atoms with Crippen LogP contribution in [0.5, 0.6) is 0 Å². The van der Waals surface area contributed by atoms with Gasteiger partial charge in [0.15, 0.2) is 0 Å². The highest BCUT2D eigenvalue weighted by atomic mass is 127. The van der Waals surface area contributed by atoms with Crippen molar-refractivity contribution in [2.24, 2.45) is 0 Å². The Bertz CT molecular complexity index is 887. The fourth-order valence-corrected chi connectivity index (χ4v) is 5.12. The molecule has 1 saturated heterocycles. The van der Waals surface area contributed by atoms with Crippen LogP contribution in [0, 0.1) is 3.57 Å². The highest BCUT2D eigenvalue weighted by Gasteiger charge is 2.39. The Balaban J connectivity index is 1.83. The van der Waals surface area contributed by atoms with Gasteiger partial charge in [-0.2, -0.15) is 4.31 Å². The predicted molar refractivity (Wildman–Crippen MR) is 106 cm³/mol. The lowest BCUT2D eigenvalue weighted by Gasteiger charge is -2.23. The third-order valence-corrected chi connectivity index (χ3v) is 7.17. The van der Waals surface area contributed by atoms with Crippen molar-refractivity contribution in [2.45, 2.75) is 23.8 Å². The van der Waals surface area contributed by atoms with Crippen LogP contribution in [-0.4, -0.2) is 31.2 Å². The zero-order valence-electron chi connectivity index (χ0n) is 13.2. The van der Waals surface area contributed by atoms with E-state index in [1.54, 1.807) is 6.07 Å². The highest BCUT2D eigenvalue weighted by molar-refractivity contribution is 14.1. The Hall–Kier alpha value is -1.16. The number of nitrogens with one attached hydrogen (secondary N) is 1. The Morgan fingerprint density at radius 1 is 1.16 bits per heavy atom. The van der Waals surface area contributed by atoms with Gasteiger partial charge >= 0.3 is 0 Å². The molecular formula is C17H16ClIN2O3S. The van der Waals surface area contributed by atoms with Crippen LogP contribution in [0.4, 0.5) is 5.69 Å². The van der Waals surface area contributed by atoms with E-state index in [2.05, 4.69) is 27.9 Å². The highest BCUT2D eigenvalue weighted by Crippen LogP contribution is 2.28. The maximum absolute atomic E-state index is 12.9. The lowest BCUT2D eigenvalue weighted by atomic mass is 10.2. The molecule has 3 rings (SSSR count). The van der Waals surface area contributed by atoms with Crippen molar-refractivity contribution >= 4 is 55.8 Å². The second-order valence-corrected chi connectivity index (χ2v) is 9.19. The Kier molecular flexibility index (Phi) is 5.67. The van der Waals surface area contributed by atoms with Gasteiger partial charge in [0.25, 0.3) is 0 Å². The standard InChI is InChI=1S/C17H16ClIN2O3S/c18-12-7-9-13(10-8-12)25(23,24)21-11-3-6-16(21)17(22)20-15-5-2-1-4-14(15)19/h1-2,4-5,7-10,16H,3,6,11H2,(H,20,22)/t16-/m0/s1. The van der Waals surface area contributed by atoms with Crippen molar-refractivity contribution in [2.75, 3.05) is 11.9 Å². The molecule has 1 amide bonds. The third kappa shape index (κ3) is 3.99. The molecule has 0 unspecified atom stereocenters. The maximum Gasteiger partial charge on any atom is 0.243 e. The van der Waals surface area contributed by atoms with Gasteiger partial charge in [0.1, 0.15) is 6.04 Å². The lowest BCUT2D eigenvalue weighted by Crippen LogP contribution is -2.43. The molecule has 1 heterocycles. The zero-order valence-corrected chi connectivity index (χ0v) is 16.9. The summed E-state index contributed by atoms with van der Waals surface area (Å²) in [6, 6.07) is 12.7. The molecule has 5 nitrogen and oxygen atoms in total. The van der Waals surface area contributed by atoms with Gasteiger partial charge in [0, 0.05) is 15.1 Å². The number of amides is 1. The summed E-state index contributed by atoms with van der Waals surface area (Å²) in [5.41, 5.74) is 0.684. The average molecular weight is 491 g/mol. The van der Waals surface area contributed by atoms with E-state index >= 15 is 0 Å². The first-order chi connectivity index (χ1) is 11.9. The lowest BCUT2D eigenvalue weighted by molar-refractivity contribution is -0.119. The van der Waals surface area contributed by atoms with Crippen molar-refractivity contribution in [3.05, 3.63) is 57.1 Å². The molecule has 1 N–H and O–H groups in total. The van der Waals surface area contributed by atoms with Crippen LogP contribution in [0.1, 0.15) is 12.8 Å². The van der Waals surface area contributed by atoms with Gasteiger partial charge in [-0.05, 0) is 71.8 Å². The fraction of sp³-hybridized carbons (Fsp3) is 0.235. The quantitative estimate of drug-likeness (QED) is 0.664. The maximum atomic E-state index is 12.9. The van der Waals surface area contributed by atoms with Gasteiger partial charge in [0.2, 0.25) is 15.9 Å². The van der Waals surface area contributed by atoms with Crippen molar-refractivity contribution in [3.8, 4) is 0 Å². The minimum Gasteiger partial charge on any atom is -0.324 e. The van der Waals surface area contributed by atoms with Crippen LogP contribution in [0.15, 0.2) is 53.4 Å². The molecule has 0 saturated carbocycles. The van der Waals surface area contributed by atoms with Crippen LogP contribution in [-0.2, 0) is 14.8 Å². The van der Waals surface area contributed by atoms with E-state index in [9.17, 15) is 13.2 Å². The largest absolute Gasteiger partial charge is 0.324 e. The summed E-state index contributed by atoms with van der Waals surface area (Å²) in [5.74, 6) is -0.306. The van der Waals surface area contributed by atoms with E-state index in [4.69, 9.17) is 11.6 Å². The van der Waals surface area contributed by atoms with Gasteiger partial charge < -0.3 is 5.32 Å². The molecular weight excluding hydrogens is 475 g/mol. The molecule has 0 aliphatic carbocycles. The molecule has 25 heavy (non-hydrogen) atoms. The topological polar surface area (TPSA) is 66.5 Å². The van der Waals surface area contributed by atoms with Crippen LogP contribution >= 0.6 is 34.2 Å². The van der Waals surface area contributed by atoms with Crippen molar-refractivity contribution in [1.29, 1.82) is 0 Å². The number of sulfonamides is 1. The Morgan fingerprint density at radius 3 is 2.52 bits per heavy atom. The smallest absolute Gasteiger partial charge is 0.243 e. The van der Waals surface area contributed by atoms with Gasteiger partial charge in [-0.25, -0.2) is 8.42 Å². The summed E-state index contributed by atoms with van der Waals surface area (Å²) in [7, 11) is -3.74. The Labute approximate surface area is 165 Å². The van der Waals surface area contributed by atoms with Crippen LogP contribution in [0.3, 0.4) is 0 Å². The van der Waals surface area contributed by atoms with Crippen LogP contribution in [0.2, 0.25) is 5.02 Å². The number of halogens is 2. The number of rotatable bonds is 4. The molecule has 1 aliphatic rings. The normalized spacial score (nSPS) is 18.2. The number of carbonyl (C=O) groups excluding carboxylic acids is 1. The summed E-state index contributed by atoms with van der Waals surface area (Å²) < 4.78 is 27.9. The van der Waals surface area contributed by atoms with Gasteiger partial charge in [0.05, 0.1) is 10.6 Å². The van der Waals surface area contributed by atoms with E-state index in [0.717, 1.165) is 3.57 Å². The minimum atomic E-state index is -3.74. The molecule has 1 fully saturated rings. The molecule has 1 aliphatic heterocycles. The van der Waals surface area contributed by atoms with Crippen molar-refractivity contribution < 1.29 is 13.2 Å². The number of hydrogen-bond acceptors (Lipinski definition) is 3.